The van der Waals surface area contributed by atoms with Crippen LogP contribution < -0.4 is 0 Å². The van der Waals surface area contributed by atoms with Crippen LogP contribution in [0, 0.1) is 5.92 Å². The number of thiocarbonyl (C=S) groups is 1. The summed E-state index contributed by atoms with van der Waals surface area (Å²) in [7, 11) is 0. The fourth-order valence-corrected chi connectivity index (χ4v) is 3.90. The molecule has 0 spiro atoms. The molecule has 2 aliphatic rings. The van der Waals surface area contributed by atoms with Crippen molar-refractivity contribution in [1.82, 2.24) is 9.80 Å². The molecule has 0 N–H and O–H groups in total. The molecule has 21 heavy (non-hydrogen) atoms. The number of amides is 1. The molecule has 0 aromatic heterocycles. The first-order chi connectivity index (χ1) is 10.1. The monoisotopic (exact) mass is 328 g/mol. The van der Waals surface area contributed by atoms with Crippen molar-refractivity contribution < 1.29 is 14.3 Å². The van der Waals surface area contributed by atoms with Gasteiger partial charge in [0, 0.05) is 25.8 Å². The van der Waals surface area contributed by atoms with Crippen LogP contribution in [0.15, 0.2) is 11.1 Å². The number of hydrogen-bond acceptors (Lipinski definition) is 6. The molecule has 1 atom stereocenters. The number of ether oxygens (including phenoxy) is 1. The number of rotatable bonds is 4. The number of esters is 1. The fraction of sp³-hybridized carbons (Fsp3) is 0.643. The molecular formula is C14H20N2O3S2. The molecule has 0 radical (unpaired) electrons. The molecule has 5 nitrogen and oxygen atoms in total. The predicted octanol–water partition coefficient (Wildman–Crippen LogP) is 1.98. The summed E-state index contributed by atoms with van der Waals surface area (Å²) in [5.41, 5.74) is 0. The minimum atomic E-state index is -0.142. The van der Waals surface area contributed by atoms with Crippen molar-refractivity contribution >= 4 is 40.2 Å². The zero-order valence-electron chi connectivity index (χ0n) is 12.3. The third-order valence-corrected chi connectivity index (χ3v) is 4.93. The number of carbonyl (C=O) groups excluding carboxylic acids is 2. The van der Waals surface area contributed by atoms with E-state index in [0.717, 1.165) is 19.4 Å². The van der Waals surface area contributed by atoms with Crippen LogP contribution in [0.25, 0.3) is 0 Å². The molecule has 2 fully saturated rings. The van der Waals surface area contributed by atoms with Gasteiger partial charge in [0.25, 0.3) is 5.91 Å². The average Bonchev–Trinajstić information content (AvgIpc) is 2.73. The van der Waals surface area contributed by atoms with Crippen molar-refractivity contribution in [2.24, 2.45) is 5.92 Å². The largest absolute Gasteiger partial charge is 0.466 e. The molecule has 2 saturated heterocycles. The lowest BCUT2D eigenvalue weighted by molar-refractivity contribution is -0.149. The molecule has 0 aliphatic carbocycles. The summed E-state index contributed by atoms with van der Waals surface area (Å²) < 4.78 is 5.69. The zero-order valence-corrected chi connectivity index (χ0v) is 14.0. The average molecular weight is 328 g/mol. The number of thioether (sulfide) groups is 1. The van der Waals surface area contributed by atoms with E-state index >= 15 is 0 Å². The topological polar surface area (TPSA) is 49.9 Å². The highest BCUT2D eigenvalue weighted by Gasteiger charge is 2.32. The highest BCUT2D eigenvalue weighted by atomic mass is 32.2. The van der Waals surface area contributed by atoms with Gasteiger partial charge < -0.3 is 9.64 Å². The van der Waals surface area contributed by atoms with Gasteiger partial charge >= 0.3 is 5.97 Å². The minimum Gasteiger partial charge on any atom is -0.466 e. The summed E-state index contributed by atoms with van der Waals surface area (Å²) >= 11 is 6.53. The second-order valence-corrected chi connectivity index (χ2v) is 6.67. The van der Waals surface area contributed by atoms with E-state index < -0.39 is 0 Å². The lowest BCUT2D eigenvalue weighted by Gasteiger charge is -2.30. The van der Waals surface area contributed by atoms with E-state index in [-0.39, 0.29) is 17.8 Å². The fourth-order valence-electron chi connectivity index (χ4n) is 2.51. The van der Waals surface area contributed by atoms with Gasteiger partial charge in [-0.1, -0.05) is 24.0 Å². The Kier molecular flexibility index (Phi) is 5.64. The SMILES string of the molecule is CCOC(=O)[C@H]1CCCN(/C=C2\SC(=S)N(CC)C2=O)C1. The van der Waals surface area contributed by atoms with Crippen molar-refractivity contribution in [3.8, 4) is 0 Å². The smallest absolute Gasteiger partial charge is 0.310 e. The van der Waals surface area contributed by atoms with Gasteiger partial charge in [-0.25, -0.2) is 0 Å². The Balaban J connectivity index is 2.02. The Hall–Kier alpha value is -1.08. The Bertz CT molecular complexity index is 479. The van der Waals surface area contributed by atoms with E-state index in [4.69, 9.17) is 17.0 Å². The van der Waals surface area contributed by atoms with Crippen LogP contribution in [0.3, 0.4) is 0 Å². The van der Waals surface area contributed by atoms with Crippen LogP contribution in [0.1, 0.15) is 26.7 Å². The highest BCUT2D eigenvalue weighted by Crippen LogP contribution is 2.31. The Morgan fingerprint density at radius 2 is 2.29 bits per heavy atom. The molecule has 0 bridgehead atoms. The third kappa shape index (κ3) is 3.77. The van der Waals surface area contributed by atoms with Gasteiger partial charge in [0.15, 0.2) is 0 Å². The van der Waals surface area contributed by atoms with Crippen molar-refractivity contribution in [3.05, 3.63) is 11.1 Å². The number of piperidine rings is 1. The van der Waals surface area contributed by atoms with E-state index in [1.807, 2.05) is 24.9 Å². The zero-order chi connectivity index (χ0) is 15.4. The summed E-state index contributed by atoms with van der Waals surface area (Å²) in [5, 5.41) is 0. The van der Waals surface area contributed by atoms with Gasteiger partial charge in [-0.05, 0) is 26.7 Å². The highest BCUT2D eigenvalue weighted by molar-refractivity contribution is 8.26. The molecule has 116 valence electrons. The molecule has 7 heteroatoms. The Morgan fingerprint density at radius 1 is 1.52 bits per heavy atom. The number of likely N-dealkylation sites (tertiary alicyclic amines) is 1. The maximum Gasteiger partial charge on any atom is 0.310 e. The number of hydrogen-bond donors (Lipinski definition) is 0. The predicted molar refractivity (Wildman–Crippen MR) is 86.6 cm³/mol. The first kappa shape index (κ1) is 16.3. The van der Waals surface area contributed by atoms with Gasteiger partial charge in [-0.3, -0.25) is 14.5 Å². The van der Waals surface area contributed by atoms with Crippen molar-refractivity contribution in [2.75, 3.05) is 26.2 Å². The van der Waals surface area contributed by atoms with Crippen LogP contribution in [0.2, 0.25) is 0 Å². The Labute approximate surface area is 134 Å². The molecule has 0 saturated carbocycles. The first-order valence-electron chi connectivity index (χ1n) is 7.23. The van der Waals surface area contributed by atoms with E-state index in [0.29, 0.717) is 28.9 Å². The van der Waals surface area contributed by atoms with Crippen LogP contribution in [0.5, 0.6) is 0 Å². The molecule has 2 aliphatic heterocycles. The van der Waals surface area contributed by atoms with Gasteiger partial charge in [-0.2, -0.15) is 0 Å². The van der Waals surface area contributed by atoms with Gasteiger partial charge in [0.05, 0.1) is 17.4 Å². The second kappa shape index (κ2) is 7.26. The normalized spacial score (nSPS) is 24.9. The van der Waals surface area contributed by atoms with E-state index in [1.54, 1.807) is 4.90 Å². The molecule has 2 heterocycles. The van der Waals surface area contributed by atoms with Gasteiger partial charge in [0.2, 0.25) is 0 Å². The van der Waals surface area contributed by atoms with E-state index in [2.05, 4.69) is 0 Å². The maximum atomic E-state index is 12.2. The summed E-state index contributed by atoms with van der Waals surface area (Å²) in [4.78, 5) is 28.3. The van der Waals surface area contributed by atoms with E-state index in [9.17, 15) is 9.59 Å². The molecule has 0 unspecified atom stereocenters. The molecule has 0 aromatic rings. The third-order valence-electron chi connectivity index (χ3n) is 3.56. The molecule has 2 rings (SSSR count). The van der Waals surface area contributed by atoms with Crippen molar-refractivity contribution in [2.45, 2.75) is 26.7 Å². The number of nitrogens with zero attached hydrogens (tertiary/aromatic N) is 2. The lowest BCUT2D eigenvalue weighted by Crippen LogP contribution is -2.37. The quantitative estimate of drug-likeness (QED) is 0.447. The van der Waals surface area contributed by atoms with Gasteiger partial charge in [-0.15, -0.1) is 0 Å². The maximum absolute atomic E-state index is 12.2. The van der Waals surface area contributed by atoms with Crippen molar-refractivity contribution in [3.63, 3.8) is 0 Å². The summed E-state index contributed by atoms with van der Waals surface area (Å²) in [6.45, 7) is 6.18. The van der Waals surface area contributed by atoms with Crippen LogP contribution in [-0.4, -0.2) is 52.2 Å². The lowest BCUT2D eigenvalue weighted by atomic mass is 9.98. The summed E-state index contributed by atoms with van der Waals surface area (Å²) in [6.07, 6.45) is 3.62. The standard InChI is InChI=1S/C14H20N2O3S2/c1-3-16-12(17)11(21-14(16)20)9-15-7-5-6-10(8-15)13(18)19-4-2/h9-10H,3-8H2,1-2H3/b11-9-/t10-/m0/s1. The molecular weight excluding hydrogens is 308 g/mol. The van der Waals surface area contributed by atoms with Crippen LogP contribution >= 0.6 is 24.0 Å². The van der Waals surface area contributed by atoms with Gasteiger partial charge in [0.1, 0.15) is 4.32 Å². The summed E-state index contributed by atoms with van der Waals surface area (Å²) in [5.74, 6) is -0.284. The molecule has 0 aromatic carbocycles. The first-order valence-corrected chi connectivity index (χ1v) is 8.45. The van der Waals surface area contributed by atoms with Crippen molar-refractivity contribution in [1.29, 1.82) is 0 Å². The van der Waals surface area contributed by atoms with Crippen LogP contribution in [0.4, 0.5) is 0 Å². The Morgan fingerprint density at radius 3 is 2.90 bits per heavy atom. The van der Waals surface area contributed by atoms with Crippen LogP contribution in [-0.2, 0) is 14.3 Å². The van der Waals surface area contributed by atoms with E-state index in [1.165, 1.54) is 11.8 Å². The number of likely N-dealkylation sites (N-methyl/N-ethyl adjacent to an activating group) is 1. The number of carbonyl (C=O) groups is 2. The molecule has 1 amide bonds. The second-order valence-electron chi connectivity index (χ2n) is 5.00. The summed E-state index contributed by atoms with van der Waals surface area (Å²) in [6, 6.07) is 0. The minimum absolute atomic E-state index is 0.0363.